The van der Waals surface area contributed by atoms with Gasteiger partial charge in [-0.3, -0.25) is 4.18 Å². The maximum Gasteiger partial charge on any atom is 0.264 e. The molecule has 0 aliphatic carbocycles. The Morgan fingerprint density at radius 2 is 1.67 bits per heavy atom. The van der Waals surface area contributed by atoms with Gasteiger partial charge >= 0.3 is 0 Å². The lowest BCUT2D eigenvalue weighted by Crippen LogP contribution is -2.57. The lowest BCUT2D eigenvalue weighted by molar-refractivity contribution is -0.0732. The normalized spacial score (nSPS) is 23.5. The van der Waals surface area contributed by atoms with Crippen molar-refractivity contribution in [3.8, 4) is 5.75 Å². The van der Waals surface area contributed by atoms with Gasteiger partial charge in [0.05, 0.1) is 47.5 Å². The Morgan fingerprint density at radius 3 is 2.33 bits per heavy atom. The average molecular weight is 629 g/mol. The SMILES string of the molecule is CS(=O)(=O)OCCCS(=O)(=O)CC[C@@H]1OCC[C@@]2(S(=O)(=O)c3ccc(Cl)cc3)c3c(F)ccc(F)c3OC[C@@H]12. The van der Waals surface area contributed by atoms with E-state index in [0.29, 0.717) is 0 Å². The summed E-state index contributed by atoms with van der Waals surface area (Å²) in [6, 6.07) is 7.01. The molecule has 0 amide bonds. The third-order valence-corrected chi connectivity index (χ3v) is 12.1. The predicted octanol–water partition coefficient (Wildman–Crippen LogP) is 3.26. The monoisotopic (exact) mass is 628 g/mol. The molecule has 3 atom stereocenters. The topological polar surface area (TPSA) is 130 Å². The highest BCUT2D eigenvalue weighted by Crippen LogP contribution is 2.55. The first-order valence-electron chi connectivity index (χ1n) is 12.0. The molecule has 9 nitrogen and oxygen atoms in total. The zero-order valence-corrected chi connectivity index (χ0v) is 24.0. The number of hydrogen-bond acceptors (Lipinski definition) is 9. The maximum atomic E-state index is 15.4. The minimum Gasteiger partial charge on any atom is -0.490 e. The lowest BCUT2D eigenvalue weighted by atomic mass is 9.75. The Kier molecular flexibility index (Phi) is 8.66. The molecule has 1 fully saturated rings. The summed E-state index contributed by atoms with van der Waals surface area (Å²) >= 11 is 5.95. The zero-order valence-electron chi connectivity index (χ0n) is 20.8. The van der Waals surface area contributed by atoms with Crippen molar-refractivity contribution in [1.29, 1.82) is 0 Å². The quantitative estimate of drug-likeness (QED) is 0.287. The van der Waals surface area contributed by atoms with Gasteiger partial charge in [-0.1, -0.05) is 11.6 Å². The van der Waals surface area contributed by atoms with E-state index in [4.69, 9.17) is 21.1 Å². The molecule has 0 bridgehead atoms. The Balaban J connectivity index is 1.69. The molecule has 216 valence electrons. The van der Waals surface area contributed by atoms with Crippen LogP contribution in [0.5, 0.6) is 5.75 Å². The van der Waals surface area contributed by atoms with Crippen molar-refractivity contribution in [2.45, 2.75) is 35.0 Å². The molecular weight excluding hydrogens is 602 g/mol. The minimum atomic E-state index is -4.42. The highest BCUT2D eigenvalue weighted by molar-refractivity contribution is 7.92. The molecule has 2 aromatic rings. The summed E-state index contributed by atoms with van der Waals surface area (Å²) in [5, 5.41) is 0.282. The van der Waals surface area contributed by atoms with Gasteiger partial charge in [-0.25, -0.2) is 25.6 Å². The largest absolute Gasteiger partial charge is 0.490 e. The van der Waals surface area contributed by atoms with Crippen LogP contribution in [0.15, 0.2) is 41.3 Å². The Labute approximate surface area is 231 Å². The Morgan fingerprint density at radius 1 is 1.00 bits per heavy atom. The second-order valence-electron chi connectivity index (χ2n) is 9.48. The minimum absolute atomic E-state index is 0.0692. The molecule has 2 heterocycles. The molecule has 4 rings (SSSR count). The molecular formula is C24H27ClF2O9S3. The van der Waals surface area contributed by atoms with Gasteiger partial charge in [0.25, 0.3) is 10.1 Å². The van der Waals surface area contributed by atoms with E-state index in [9.17, 15) is 29.6 Å². The summed E-state index contributed by atoms with van der Waals surface area (Å²) in [6.45, 7) is -0.822. The van der Waals surface area contributed by atoms with Gasteiger partial charge in [0, 0.05) is 17.5 Å². The summed E-state index contributed by atoms with van der Waals surface area (Å²) in [7, 11) is -11.8. The van der Waals surface area contributed by atoms with Crippen molar-refractivity contribution >= 4 is 41.4 Å². The van der Waals surface area contributed by atoms with Crippen molar-refractivity contribution in [3.63, 3.8) is 0 Å². The average Bonchev–Trinajstić information content (AvgIpc) is 2.86. The van der Waals surface area contributed by atoms with E-state index in [-0.39, 0.29) is 54.8 Å². The van der Waals surface area contributed by atoms with Crippen molar-refractivity contribution in [2.24, 2.45) is 5.92 Å². The second kappa shape index (κ2) is 11.2. The van der Waals surface area contributed by atoms with Crippen LogP contribution in [0.2, 0.25) is 5.02 Å². The summed E-state index contributed by atoms with van der Waals surface area (Å²) in [4.78, 5) is -0.160. The molecule has 2 aromatic carbocycles. The smallest absolute Gasteiger partial charge is 0.264 e. The molecule has 0 aromatic heterocycles. The molecule has 0 N–H and O–H groups in total. The second-order valence-corrected chi connectivity index (χ2v) is 16.1. The Hall–Kier alpha value is -1.84. The number of rotatable bonds is 10. The number of halogens is 3. The van der Waals surface area contributed by atoms with Crippen LogP contribution in [0, 0.1) is 17.6 Å². The molecule has 2 aliphatic heterocycles. The van der Waals surface area contributed by atoms with Crippen LogP contribution in [0.3, 0.4) is 0 Å². The van der Waals surface area contributed by atoms with Crippen molar-refractivity contribution < 1.29 is 47.7 Å². The summed E-state index contributed by atoms with van der Waals surface area (Å²) in [5.74, 6) is -4.23. The molecule has 39 heavy (non-hydrogen) atoms. The van der Waals surface area contributed by atoms with Gasteiger partial charge in [-0.2, -0.15) is 8.42 Å². The third kappa shape index (κ3) is 6.10. The number of sulfone groups is 2. The van der Waals surface area contributed by atoms with Crippen LogP contribution in [0.4, 0.5) is 8.78 Å². The number of fused-ring (bicyclic) bond motifs is 3. The van der Waals surface area contributed by atoms with Gasteiger partial charge < -0.3 is 9.47 Å². The van der Waals surface area contributed by atoms with Gasteiger partial charge in [-0.05, 0) is 55.7 Å². The van der Waals surface area contributed by atoms with E-state index in [0.717, 1.165) is 18.4 Å². The summed E-state index contributed by atoms with van der Waals surface area (Å²) < 4.78 is 120. The van der Waals surface area contributed by atoms with E-state index in [2.05, 4.69) is 4.18 Å². The van der Waals surface area contributed by atoms with E-state index in [1.807, 2.05) is 0 Å². The van der Waals surface area contributed by atoms with Crippen molar-refractivity contribution in [1.82, 2.24) is 0 Å². The fourth-order valence-electron chi connectivity index (χ4n) is 5.22. The molecule has 15 heteroatoms. The summed E-state index contributed by atoms with van der Waals surface area (Å²) in [5.41, 5.74) is -0.442. The van der Waals surface area contributed by atoms with Crippen LogP contribution < -0.4 is 4.74 Å². The predicted molar refractivity (Wildman–Crippen MR) is 139 cm³/mol. The van der Waals surface area contributed by atoms with E-state index < -0.39 is 75.3 Å². The number of benzene rings is 2. The standard InChI is InChI=1S/C24H27ClF2O9S3/c1-37(28,29)36-11-2-13-38(30,31)14-9-21-18-15-35-23-20(27)8-7-19(26)22(23)24(18,10-12-34-21)39(32,33)17-5-3-16(25)4-6-17/h3-8,18,21H,2,9-15H2,1H3/t18-,21-,24-/m0/s1. The van der Waals surface area contributed by atoms with E-state index in [1.54, 1.807) is 0 Å². The fourth-order valence-corrected chi connectivity index (χ4v) is 9.47. The van der Waals surface area contributed by atoms with Crippen molar-refractivity contribution in [3.05, 3.63) is 58.6 Å². The first-order valence-corrected chi connectivity index (χ1v) is 17.5. The first-order chi connectivity index (χ1) is 18.2. The third-order valence-electron chi connectivity index (χ3n) is 6.96. The summed E-state index contributed by atoms with van der Waals surface area (Å²) in [6.07, 6.45) is -0.566. The van der Waals surface area contributed by atoms with Crippen LogP contribution in [-0.4, -0.2) is 68.9 Å². The molecule has 0 radical (unpaired) electrons. The van der Waals surface area contributed by atoms with E-state index >= 15 is 4.39 Å². The van der Waals surface area contributed by atoms with Crippen LogP contribution in [0.25, 0.3) is 0 Å². The highest BCUT2D eigenvalue weighted by Gasteiger charge is 2.61. The Bertz CT molecular complexity index is 1550. The zero-order chi connectivity index (χ0) is 28.6. The number of ether oxygens (including phenoxy) is 2. The molecule has 1 saturated heterocycles. The number of hydrogen-bond donors (Lipinski definition) is 0. The van der Waals surface area contributed by atoms with Crippen LogP contribution >= 0.6 is 11.6 Å². The highest BCUT2D eigenvalue weighted by atomic mass is 35.5. The molecule has 0 saturated carbocycles. The first kappa shape index (κ1) is 30.1. The van der Waals surface area contributed by atoms with Gasteiger partial charge in [0.2, 0.25) is 0 Å². The fraction of sp³-hybridized carbons (Fsp3) is 0.500. The maximum absolute atomic E-state index is 15.4. The lowest BCUT2D eigenvalue weighted by Gasteiger charge is -2.50. The van der Waals surface area contributed by atoms with Crippen molar-refractivity contribution in [2.75, 3.05) is 37.6 Å². The molecule has 0 unspecified atom stereocenters. The molecule has 2 aliphatic rings. The van der Waals surface area contributed by atoms with Gasteiger partial charge in [0.15, 0.2) is 31.2 Å². The molecule has 0 spiro atoms. The van der Waals surface area contributed by atoms with E-state index in [1.165, 1.54) is 24.3 Å². The van der Waals surface area contributed by atoms with Gasteiger partial charge in [0.1, 0.15) is 10.6 Å². The van der Waals surface area contributed by atoms with Gasteiger partial charge in [-0.15, -0.1) is 0 Å². The van der Waals surface area contributed by atoms with Crippen LogP contribution in [0.1, 0.15) is 24.8 Å². The van der Waals surface area contributed by atoms with Crippen LogP contribution in [-0.2, 0) is 43.5 Å².